The molecule has 0 spiro atoms. The minimum absolute atomic E-state index is 0.0914. The van der Waals surface area contributed by atoms with Crippen molar-refractivity contribution in [3.05, 3.63) is 59.2 Å². The van der Waals surface area contributed by atoms with Crippen molar-refractivity contribution >= 4 is 17.5 Å². The number of amides is 2. The van der Waals surface area contributed by atoms with Gasteiger partial charge in [-0.05, 0) is 75.1 Å². The number of hydrogen-bond acceptors (Lipinski definition) is 3. The van der Waals surface area contributed by atoms with Crippen LogP contribution in [0.25, 0.3) is 0 Å². The second-order valence-corrected chi connectivity index (χ2v) is 6.54. The van der Waals surface area contributed by atoms with Crippen molar-refractivity contribution in [1.29, 1.82) is 0 Å². The number of carbonyl (C=O) groups is 2. The number of nitrogens with one attached hydrogen (secondary N) is 2. The van der Waals surface area contributed by atoms with E-state index in [0.717, 1.165) is 24.2 Å². The molecule has 2 amide bonds. The van der Waals surface area contributed by atoms with E-state index in [1.165, 1.54) is 6.42 Å². The van der Waals surface area contributed by atoms with Crippen LogP contribution in [0, 0.1) is 6.92 Å². The molecule has 1 aliphatic rings. The van der Waals surface area contributed by atoms with Gasteiger partial charge < -0.3 is 15.4 Å². The molecule has 1 fully saturated rings. The molecule has 0 aliphatic heterocycles. The van der Waals surface area contributed by atoms with Gasteiger partial charge in [-0.1, -0.05) is 6.07 Å². The lowest BCUT2D eigenvalue weighted by molar-refractivity contribution is 0.0916. The zero-order chi connectivity index (χ0) is 18.5. The third kappa shape index (κ3) is 4.23. The molecule has 2 aromatic rings. The molecule has 5 nitrogen and oxygen atoms in total. The van der Waals surface area contributed by atoms with Crippen LogP contribution in [0.5, 0.6) is 5.75 Å². The Morgan fingerprint density at radius 1 is 1.04 bits per heavy atom. The quantitative estimate of drug-likeness (QED) is 0.828. The van der Waals surface area contributed by atoms with Gasteiger partial charge in [0.2, 0.25) is 0 Å². The van der Waals surface area contributed by atoms with Gasteiger partial charge in [0.15, 0.2) is 0 Å². The number of benzene rings is 2. The molecule has 136 valence electrons. The fraction of sp³-hybridized carbons (Fsp3) is 0.333. The van der Waals surface area contributed by atoms with E-state index in [9.17, 15) is 9.59 Å². The third-order valence-corrected chi connectivity index (χ3v) is 4.62. The van der Waals surface area contributed by atoms with E-state index >= 15 is 0 Å². The Labute approximate surface area is 153 Å². The second kappa shape index (κ2) is 8.04. The number of carbonyl (C=O) groups excluding carboxylic acids is 2. The number of ether oxygens (including phenoxy) is 1. The van der Waals surface area contributed by atoms with Crippen molar-refractivity contribution in [2.75, 3.05) is 11.9 Å². The Morgan fingerprint density at radius 3 is 2.35 bits per heavy atom. The summed E-state index contributed by atoms with van der Waals surface area (Å²) in [5.74, 6) is 0.425. The van der Waals surface area contributed by atoms with Crippen LogP contribution in [0.15, 0.2) is 42.5 Å². The largest absolute Gasteiger partial charge is 0.494 e. The van der Waals surface area contributed by atoms with E-state index in [2.05, 4.69) is 10.6 Å². The first-order valence-electron chi connectivity index (χ1n) is 9.02. The molecule has 0 atom stereocenters. The van der Waals surface area contributed by atoms with Gasteiger partial charge in [0.1, 0.15) is 5.75 Å². The summed E-state index contributed by atoms with van der Waals surface area (Å²) in [7, 11) is 0. The lowest BCUT2D eigenvalue weighted by Crippen LogP contribution is -2.39. The van der Waals surface area contributed by atoms with Crippen molar-refractivity contribution in [1.82, 2.24) is 5.32 Å². The minimum atomic E-state index is -0.215. The molecule has 2 aromatic carbocycles. The standard InChI is InChI=1S/C21H24N2O3/c1-3-26-18-11-9-15(10-12-18)20(24)23-19-13-16(8-7-14(19)2)21(25)22-17-5-4-6-17/h7-13,17H,3-6H2,1-2H3,(H,22,25)(H,23,24). The maximum absolute atomic E-state index is 12.5. The van der Waals surface area contributed by atoms with E-state index in [-0.39, 0.29) is 17.9 Å². The molecule has 3 rings (SSSR count). The van der Waals surface area contributed by atoms with Crippen LogP contribution in [0.2, 0.25) is 0 Å². The molecule has 0 heterocycles. The predicted molar refractivity (Wildman–Crippen MR) is 102 cm³/mol. The SMILES string of the molecule is CCOc1ccc(C(=O)Nc2cc(C(=O)NC3CCC3)ccc2C)cc1. The monoisotopic (exact) mass is 352 g/mol. The highest BCUT2D eigenvalue weighted by molar-refractivity contribution is 6.05. The maximum atomic E-state index is 12.5. The lowest BCUT2D eigenvalue weighted by Gasteiger charge is -2.26. The van der Waals surface area contributed by atoms with E-state index in [1.54, 1.807) is 36.4 Å². The topological polar surface area (TPSA) is 67.4 Å². The van der Waals surface area contributed by atoms with Gasteiger partial charge in [0, 0.05) is 22.9 Å². The smallest absolute Gasteiger partial charge is 0.255 e. The molecular weight excluding hydrogens is 328 g/mol. The molecule has 0 radical (unpaired) electrons. The average molecular weight is 352 g/mol. The molecule has 0 bridgehead atoms. The fourth-order valence-corrected chi connectivity index (χ4v) is 2.78. The first-order chi connectivity index (χ1) is 12.6. The highest BCUT2D eigenvalue weighted by atomic mass is 16.5. The van der Waals surface area contributed by atoms with Crippen LogP contribution >= 0.6 is 0 Å². The summed E-state index contributed by atoms with van der Waals surface area (Å²) < 4.78 is 5.39. The first kappa shape index (κ1) is 18.0. The third-order valence-electron chi connectivity index (χ3n) is 4.62. The van der Waals surface area contributed by atoms with Crippen LogP contribution in [-0.4, -0.2) is 24.5 Å². The molecule has 26 heavy (non-hydrogen) atoms. The van der Waals surface area contributed by atoms with Crippen LogP contribution < -0.4 is 15.4 Å². The van der Waals surface area contributed by atoms with Crippen molar-refractivity contribution in [3.8, 4) is 5.75 Å². The van der Waals surface area contributed by atoms with E-state index in [4.69, 9.17) is 4.74 Å². The molecule has 5 heteroatoms. The van der Waals surface area contributed by atoms with E-state index in [0.29, 0.717) is 23.4 Å². The summed E-state index contributed by atoms with van der Waals surface area (Å²) in [5.41, 5.74) is 2.65. The normalized spacial score (nSPS) is 13.6. The molecule has 0 saturated heterocycles. The Kier molecular flexibility index (Phi) is 5.56. The molecule has 2 N–H and O–H groups in total. The van der Waals surface area contributed by atoms with Gasteiger partial charge in [-0.2, -0.15) is 0 Å². The van der Waals surface area contributed by atoms with Gasteiger partial charge >= 0.3 is 0 Å². The van der Waals surface area contributed by atoms with E-state index in [1.807, 2.05) is 19.9 Å². The zero-order valence-electron chi connectivity index (χ0n) is 15.2. The summed E-state index contributed by atoms with van der Waals surface area (Å²) in [6.07, 6.45) is 3.25. The van der Waals surface area contributed by atoms with Crippen LogP contribution in [0.1, 0.15) is 52.5 Å². The number of rotatable bonds is 6. The van der Waals surface area contributed by atoms with E-state index < -0.39 is 0 Å². The molecule has 0 aromatic heterocycles. The van der Waals surface area contributed by atoms with Gasteiger partial charge in [-0.15, -0.1) is 0 Å². The van der Waals surface area contributed by atoms with Crippen molar-refractivity contribution in [3.63, 3.8) is 0 Å². The van der Waals surface area contributed by atoms with Crippen molar-refractivity contribution in [2.24, 2.45) is 0 Å². The van der Waals surface area contributed by atoms with Gasteiger partial charge in [0.25, 0.3) is 11.8 Å². The second-order valence-electron chi connectivity index (χ2n) is 6.54. The minimum Gasteiger partial charge on any atom is -0.494 e. The predicted octanol–water partition coefficient (Wildman–Crippen LogP) is 3.93. The summed E-state index contributed by atoms with van der Waals surface area (Å²) in [6.45, 7) is 4.40. The Morgan fingerprint density at radius 2 is 1.73 bits per heavy atom. The van der Waals surface area contributed by atoms with Crippen molar-refractivity contribution in [2.45, 2.75) is 39.2 Å². The number of hydrogen-bond donors (Lipinski definition) is 2. The number of anilines is 1. The molecule has 1 aliphatic carbocycles. The molecule has 1 saturated carbocycles. The number of aryl methyl sites for hydroxylation is 1. The van der Waals surface area contributed by atoms with Gasteiger partial charge in [0.05, 0.1) is 6.61 Å². The molecular formula is C21H24N2O3. The van der Waals surface area contributed by atoms with Crippen LogP contribution in [-0.2, 0) is 0 Å². The first-order valence-corrected chi connectivity index (χ1v) is 9.02. The highest BCUT2D eigenvalue weighted by Gasteiger charge is 2.20. The Balaban J connectivity index is 1.70. The summed E-state index contributed by atoms with van der Waals surface area (Å²) in [4.78, 5) is 24.8. The lowest BCUT2D eigenvalue weighted by atomic mass is 9.93. The maximum Gasteiger partial charge on any atom is 0.255 e. The zero-order valence-corrected chi connectivity index (χ0v) is 15.2. The fourth-order valence-electron chi connectivity index (χ4n) is 2.78. The van der Waals surface area contributed by atoms with Crippen molar-refractivity contribution < 1.29 is 14.3 Å². The highest BCUT2D eigenvalue weighted by Crippen LogP contribution is 2.21. The summed E-state index contributed by atoms with van der Waals surface area (Å²) in [5, 5.41) is 5.91. The summed E-state index contributed by atoms with van der Waals surface area (Å²) >= 11 is 0. The van der Waals surface area contributed by atoms with Gasteiger partial charge in [-0.25, -0.2) is 0 Å². The average Bonchev–Trinajstić information content (AvgIpc) is 2.60. The van der Waals surface area contributed by atoms with Gasteiger partial charge in [-0.3, -0.25) is 9.59 Å². The Hall–Kier alpha value is -2.82. The summed E-state index contributed by atoms with van der Waals surface area (Å²) in [6, 6.07) is 12.6. The molecule has 0 unspecified atom stereocenters. The van der Waals surface area contributed by atoms with Crippen LogP contribution in [0.4, 0.5) is 5.69 Å². The van der Waals surface area contributed by atoms with Crippen LogP contribution in [0.3, 0.4) is 0 Å². The Bertz CT molecular complexity index is 795.